The first-order valence-corrected chi connectivity index (χ1v) is 10.6. The van der Waals surface area contributed by atoms with Gasteiger partial charge in [-0.1, -0.05) is 45.0 Å². The molecule has 0 aliphatic carbocycles. The highest BCUT2D eigenvalue weighted by molar-refractivity contribution is 6.09. The van der Waals surface area contributed by atoms with E-state index in [2.05, 4.69) is 41.5 Å². The molecule has 0 spiro atoms. The fourth-order valence-electron chi connectivity index (χ4n) is 3.27. The summed E-state index contributed by atoms with van der Waals surface area (Å²) in [5.41, 5.74) is 3.11. The summed E-state index contributed by atoms with van der Waals surface area (Å²) < 4.78 is 1.61. The Bertz CT molecular complexity index is 1260. The fourth-order valence-corrected chi connectivity index (χ4v) is 3.27. The molecular formula is C26H25N5O2. The molecule has 2 amide bonds. The molecule has 4 aromatic rings. The highest BCUT2D eigenvalue weighted by Gasteiger charge is 2.16. The Balaban J connectivity index is 1.47. The largest absolute Gasteiger partial charge is 0.320 e. The summed E-state index contributed by atoms with van der Waals surface area (Å²) in [6.07, 6.45) is 4.93. The van der Waals surface area contributed by atoms with Gasteiger partial charge in [0.2, 0.25) is 0 Å². The second kappa shape index (κ2) is 9.08. The first-order chi connectivity index (χ1) is 15.8. The minimum Gasteiger partial charge on any atom is -0.320 e. The first kappa shape index (κ1) is 22.0. The van der Waals surface area contributed by atoms with E-state index in [1.165, 1.54) is 6.20 Å². The molecule has 166 valence electrons. The Kier molecular flexibility index (Phi) is 6.04. The Morgan fingerprint density at radius 1 is 0.788 bits per heavy atom. The number of carbonyl (C=O) groups excluding carboxylic acids is 2. The van der Waals surface area contributed by atoms with Crippen molar-refractivity contribution in [3.05, 3.63) is 102 Å². The van der Waals surface area contributed by atoms with Gasteiger partial charge in [-0.3, -0.25) is 9.59 Å². The van der Waals surface area contributed by atoms with Crippen LogP contribution in [0.1, 0.15) is 47.1 Å². The third-order valence-electron chi connectivity index (χ3n) is 5.19. The zero-order valence-electron chi connectivity index (χ0n) is 18.7. The van der Waals surface area contributed by atoms with Crippen molar-refractivity contribution in [3.63, 3.8) is 0 Å². The number of nitrogens with one attached hydrogen (secondary N) is 2. The van der Waals surface area contributed by atoms with E-state index in [-0.39, 0.29) is 17.2 Å². The highest BCUT2D eigenvalue weighted by Crippen LogP contribution is 2.25. The van der Waals surface area contributed by atoms with Gasteiger partial charge in [-0.05, 0) is 53.4 Å². The van der Waals surface area contributed by atoms with Gasteiger partial charge in [-0.2, -0.15) is 5.10 Å². The molecule has 33 heavy (non-hydrogen) atoms. The van der Waals surface area contributed by atoms with E-state index >= 15 is 0 Å². The van der Waals surface area contributed by atoms with Gasteiger partial charge < -0.3 is 10.6 Å². The molecule has 2 aromatic heterocycles. The van der Waals surface area contributed by atoms with Crippen molar-refractivity contribution in [1.29, 1.82) is 0 Å². The van der Waals surface area contributed by atoms with E-state index < -0.39 is 0 Å². The lowest BCUT2D eigenvalue weighted by Gasteiger charge is -2.19. The first-order valence-electron chi connectivity index (χ1n) is 10.6. The molecule has 2 N–H and O–H groups in total. The number of rotatable bonds is 5. The van der Waals surface area contributed by atoms with Crippen LogP contribution >= 0.6 is 0 Å². The fraction of sp³-hybridized carbons (Fsp3) is 0.154. The van der Waals surface area contributed by atoms with Crippen molar-refractivity contribution < 1.29 is 9.59 Å². The summed E-state index contributed by atoms with van der Waals surface area (Å²) in [5, 5.41) is 9.86. The number of hydrogen-bond donors (Lipinski definition) is 2. The third-order valence-corrected chi connectivity index (χ3v) is 5.19. The summed E-state index contributed by atoms with van der Waals surface area (Å²) in [4.78, 5) is 29.8. The van der Waals surface area contributed by atoms with Crippen LogP contribution in [0.15, 0.2) is 85.3 Å². The summed E-state index contributed by atoms with van der Waals surface area (Å²) in [7, 11) is 0. The molecule has 7 heteroatoms. The maximum Gasteiger partial charge on any atom is 0.257 e. The van der Waals surface area contributed by atoms with E-state index in [4.69, 9.17) is 0 Å². The SMILES string of the molecule is CC(C)(C)c1ccc(C(=O)Nc2ccccc2NC(=O)c2ccc(-n3cccn3)nc2)cc1. The van der Waals surface area contributed by atoms with Crippen molar-refractivity contribution in [2.45, 2.75) is 26.2 Å². The normalized spacial score (nSPS) is 11.1. The van der Waals surface area contributed by atoms with Crippen molar-refractivity contribution in [2.24, 2.45) is 0 Å². The maximum atomic E-state index is 12.8. The molecular weight excluding hydrogens is 414 g/mol. The Hall–Kier alpha value is -4.26. The zero-order chi connectivity index (χ0) is 23.4. The molecule has 2 aromatic carbocycles. The van der Waals surface area contributed by atoms with E-state index in [0.717, 1.165) is 5.56 Å². The molecule has 0 atom stereocenters. The Labute approximate surface area is 192 Å². The summed E-state index contributed by atoms with van der Waals surface area (Å²) in [5.74, 6) is 0.0369. The topological polar surface area (TPSA) is 88.9 Å². The lowest BCUT2D eigenvalue weighted by Crippen LogP contribution is -2.17. The zero-order valence-corrected chi connectivity index (χ0v) is 18.7. The number of benzene rings is 2. The van der Waals surface area contributed by atoms with Crippen molar-refractivity contribution in [2.75, 3.05) is 10.6 Å². The van der Waals surface area contributed by atoms with Crippen molar-refractivity contribution in [3.8, 4) is 5.82 Å². The van der Waals surface area contributed by atoms with Gasteiger partial charge in [0.25, 0.3) is 11.8 Å². The number of carbonyl (C=O) groups is 2. The van der Waals surface area contributed by atoms with Crippen LogP contribution in [0.5, 0.6) is 0 Å². The lowest BCUT2D eigenvalue weighted by atomic mass is 9.87. The molecule has 7 nitrogen and oxygen atoms in total. The van der Waals surface area contributed by atoms with Gasteiger partial charge >= 0.3 is 0 Å². The standard InChI is InChI=1S/C26H25N5O2/c1-26(2,3)20-12-9-18(10-13-20)24(32)29-21-7-4-5-8-22(21)30-25(33)19-11-14-23(27-17-19)31-16-6-15-28-31/h4-17H,1-3H3,(H,29,32)(H,30,33). The number of anilines is 2. The van der Waals surface area contributed by atoms with Gasteiger partial charge in [-0.15, -0.1) is 0 Å². The summed E-state index contributed by atoms with van der Waals surface area (Å²) in [6.45, 7) is 6.38. The number of nitrogens with zero attached hydrogens (tertiary/aromatic N) is 3. The molecule has 2 heterocycles. The minimum absolute atomic E-state index is 0.0112. The van der Waals surface area contributed by atoms with Gasteiger partial charge in [0, 0.05) is 24.2 Å². The van der Waals surface area contributed by atoms with Crippen LogP contribution in [0.4, 0.5) is 11.4 Å². The predicted molar refractivity (Wildman–Crippen MR) is 129 cm³/mol. The van der Waals surface area contributed by atoms with E-state index in [0.29, 0.717) is 28.3 Å². The average Bonchev–Trinajstić information content (AvgIpc) is 3.35. The molecule has 0 bridgehead atoms. The van der Waals surface area contributed by atoms with Gasteiger partial charge in [0.1, 0.15) is 0 Å². The summed E-state index contributed by atoms with van der Waals surface area (Å²) >= 11 is 0. The smallest absolute Gasteiger partial charge is 0.257 e. The van der Waals surface area contributed by atoms with Crippen LogP contribution in [0.2, 0.25) is 0 Å². The molecule has 0 fully saturated rings. The van der Waals surface area contributed by atoms with Gasteiger partial charge in [0.15, 0.2) is 5.82 Å². The lowest BCUT2D eigenvalue weighted by molar-refractivity contribution is 0.101. The van der Waals surface area contributed by atoms with Crippen LogP contribution in [0.25, 0.3) is 5.82 Å². The number of pyridine rings is 1. The average molecular weight is 440 g/mol. The Morgan fingerprint density at radius 2 is 1.39 bits per heavy atom. The van der Waals surface area contributed by atoms with Crippen LogP contribution in [0.3, 0.4) is 0 Å². The van der Waals surface area contributed by atoms with Crippen molar-refractivity contribution in [1.82, 2.24) is 14.8 Å². The predicted octanol–water partition coefficient (Wildman–Crippen LogP) is 5.07. The molecule has 0 aliphatic rings. The molecule has 0 saturated heterocycles. The second-order valence-electron chi connectivity index (χ2n) is 8.64. The number of aromatic nitrogens is 3. The van der Waals surface area contributed by atoms with E-state index in [1.807, 2.05) is 24.3 Å². The molecule has 0 radical (unpaired) electrons. The second-order valence-corrected chi connectivity index (χ2v) is 8.64. The third kappa shape index (κ3) is 5.15. The summed E-state index contributed by atoms with van der Waals surface area (Å²) in [6, 6.07) is 19.8. The number of amides is 2. The maximum absolute atomic E-state index is 12.8. The van der Waals surface area contributed by atoms with Gasteiger partial charge in [0.05, 0.1) is 16.9 Å². The van der Waals surface area contributed by atoms with Crippen molar-refractivity contribution >= 4 is 23.2 Å². The molecule has 4 rings (SSSR count). The van der Waals surface area contributed by atoms with Gasteiger partial charge in [-0.25, -0.2) is 9.67 Å². The van der Waals surface area contributed by atoms with Crippen LogP contribution in [-0.2, 0) is 5.41 Å². The van der Waals surface area contributed by atoms with Crippen LogP contribution in [-0.4, -0.2) is 26.6 Å². The highest BCUT2D eigenvalue weighted by atomic mass is 16.2. The quantitative estimate of drug-likeness (QED) is 0.454. The number of hydrogen-bond acceptors (Lipinski definition) is 4. The Morgan fingerprint density at radius 3 is 1.91 bits per heavy atom. The molecule has 0 aliphatic heterocycles. The number of para-hydroxylation sites is 2. The molecule has 0 saturated carbocycles. The van der Waals surface area contributed by atoms with Crippen LogP contribution in [0, 0.1) is 0 Å². The molecule has 0 unspecified atom stereocenters. The van der Waals surface area contributed by atoms with Crippen LogP contribution < -0.4 is 10.6 Å². The van der Waals surface area contributed by atoms with E-state index in [1.54, 1.807) is 59.5 Å². The van der Waals surface area contributed by atoms with E-state index in [9.17, 15) is 9.59 Å². The minimum atomic E-state index is -0.328. The monoisotopic (exact) mass is 439 g/mol.